The highest BCUT2D eigenvalue weighted by molar-refractivity contribution is 5.67. The SMILES string of the molecule is Cc1cccn2c(CC#N)c(-c3cccnc3)nc12. The molecule has 4 nitrogen and oxygen atoms in total. The Bertz CT molecular complexity index is 766. The molecule has 0 fully saturated rings. The van der Waals surface area contributed by atoms with E-state index in [-0.39, 0.29) is 0 Å². The maximum Gasteiger partial charge on any atom is 0.140 e. The molecular weight excluding hydrogens is 236 g/mol. The highest BCUT2D eigenvalue weighted by atomic mass is 15.0. The van der Waals surface area contributed by atoms with E-state index in [1.165, 1.54) is 0 Å². The van der Waals surface area contributed by atoms with Gasteiger partial charge in [-0.3, -0.25) is 4.98 Å². The highest BCUT2D eigenvalue weighted by Gasteiger charge is 2.14. The Balaban J connectivity index is 2.33. The standard InChI is InChI=1S/C15H12N4/c1-11-4-3-9-19-13(6-7-16)14(18-15(11)19)12-5-2-8-17-10-12/h2-5,8-10H,6H2,1H3. The fourth-order valence-electron chi connectivity index (χ4n) is 2.23. The van der Waals surface area contributed by atoms with E-state index < -0.39 is 0 Å². The number of pyridine rings is 2. The van der Waals surface area contributed by atoms with E-state index in [1.54, 1.807) is 12.4 Å². The van der Waals surface area contributed by atoms with Crippen molar-refractivity contribution in [3.8, 4) is 17.3 Å². The summed E-state index contributed by atoms with van der Waals surface area (Å²) in [6, 6.07) is 10.0. The van der Waals surface area contributed by atoms with Crippen LogP contribution in [0.15, 0.2) is 42.9 Å². The van der Waals surface area contributed by atoms with Crippen molar-refractivity contribution in [1.82, 2.24) is 14.4 Å². The maximum absolute atomic E-state index is 9.03. The van der Waals surface area contributed by atoms with Gasteiger partial charge < -0.3 is 4.40 Å². The number of aromatic nitrogens is 3. The largest absolute Gasteiger partial charge is 0.302 e. The number of imidazole rings is 1. The third-order valence-electron chi connectivity index (χ3n) is 3.13. The molecule has 0 aliphatic heterocycles. The molecule has 3 aromatic heterocycles. The summed E-state index contributed by atoms with van der Waals surface area (Å²) in [6.45, 7) is 2.02. The molecule has 0 atom stereocenters. The molecule has 3 heterocycles. The second-order valence-corrected chi connectivity index (χ2v) is 4.37. The predicted molar refractivity (Wildman–Crippen MR) is 72.5 cm³/mol. The van der Waals surface area contributed by atoms with Crippen LogP contribution in [0.5, 0.6) is 0 Å². The van der Waals surface area contributed by atoms with Crippen LogP contribution < -0.4 is 0 Å². The molecule has 0 amide bonds. The van der Waals surface area contributed by atoms with Crippen LogP contribution in [0.3, 0.4) is 0 Å². The summed E-state index contributed by atoms with van der Waals surface area (Å²) in [6.07, 6.45) is 5.78. The molecule has 4 heteroatoms. The molecule has 0 saturated carbocycles. The molecule has 0 aromatic carbocycles. The number of fused-ring (bicyclic) bond motifs is 1. The smallest absolute Gasteiger partial charge is 0.140 e. The van der Waals surface area contributed by atoms with E-state index in [2.05, 4.69) is 16.0 Å². The van der Waals surface area contributed by atoms with Gasteiger partial charge >= 0.3 is 0 Å². The number of nitrogens with zero attached hydrogens (tertiary/aromatic N) is 4. The molecular formula is C15H12N4. The van der Waals surface area contributed by atoms with E-state index in [0.29, 0.717) is 6.42 Å². The summed E-state index contributed by atoms with van der Waals surface area (Å²) in [5, 5.41) is 9.03. The summed E-state index contributed by atoms with van der Waals surface area (Å²) in [4.78, 5) is 8.80. The molecule has 0 unspecified atom stereocenters. The molecule has 0 spiro atoms. The van der Waals surface area contributed by atoms with Crippen LogP contribution in [0, 0.1) is 18.3 Å². The van der Waals surface area contributed by atoms with Crippen molar-refractivity contribution in [2.45, 2.75) is 13.3 Å². The average Bonchev–Trinajstić information content (AvgIpc) is 2.81. The Kier molecular flexibility index (Phi) is 2.73. The molecule has 0 radical (unpaired) electrons. The lowest BCUT2D eigenvalue weighted by Gasteiger charge is -2.01. The lowest BCUT2D eigenvalue weighted by molar-refractivity contribution is 1.05. The number of nitriles is 1. The zero-order valence-corrected chi connectivity index (χ0v) is 10.5. The third kappa shape index (κ3) is 1.85. The third-order valence-corrected chi connectivity index (χ3v) is 3.13. The summed E-state index contributed by atoms with van der Waals surface area (Å²) >= 11 is 0. The van der Waals surface area contributed by atoms with Crippen molar-refractivity contribution >= 4 is 5.65 Å². The van der Waals surface area contributed by atoms with Crippen LogP contribution in [0.2, 0.25) is 0 Å². The molecule has 0 bridgehead atoms. The minimum Gasteiger partial charge on any atom is -0.302 e. The molecule has 3 rings (SSSR count). The van der Waals surface area contributed by atoms with Crippen molar-refractivity contribution in [3.63, 3.8) is 0 Å². The second-order valence-electron chi connectivity index (χ2n) is 4.37. The van der Waals surface area contributed by atoms with Crippen LogP contribution in [0.25, 0.3) is 16.9 Å². The summed E-state index contributed by atoms with van der Waals surface area (Å²) in [7, 11) is 0. The summed E-state index contributed by atoms with van der Waals surface area (Å²) < 4.78 is 1.99. The summed E-state index contributed by atoms with van der Waals surface area (Å²) in [5.74, 6) is 0. The zero-order chi connectivity index (χ0) is 13.2. The van der Waals surface area contributed by atoms with Crippen LogP contribution in [-0.4, -0.2) is 14.4 Å². The lowest BCUT2D eigenvalue weighted by atomic mass is 10.1. The van der Waals surface area contributed by atoms with Gasteiger partial charge in [0, 0.05) is 24.2 Å². The first kappa shape index (κ1) is 11.4. The van der Waals surface area contributed by atoms with E-state index in [4.69, 9.17) is 5.26 Å². The Morgan fingerprint density at radius 3 is 2.95 bits per heavy atom. The topological polar surface area (TPSA) is 54.0 Å². The molecule has 0 N–H and O–H groups in total. The molecule has 19 heavy (non-hydrogen) atoms. The first-order chi connectivity index (χ1) is 9.31. The molecule has 92 valence electrons. The first-order valence-electron chi connectivity index (χ1n) is 6.05. The van der Waals surface area contributed by atoms with Gasteiger partial charge in [-0.2, -0.15) is 5.26 Å². The van der Waals surface area contributed by atoms with Gasteiger partial charge in [-0.1, -0.05) is 6.07 Å². The number of hydrogen-bond acceptors (Lipinski definition) is 3. The van der Waals surface area contributed by atoms with Crippen LogP contribution >= 0.6 is 0 Å². The quantitative estimate of drug-likeness (QED) is 0.700. The van der Waals surface area contributed by atoms with E-state index in [9.17, 15) is 0 Å². The lowest BCUT2D eigenvalue weighted by Crippen LogP contribution is -1.94. The minimum atomic E-state index is 0.328. The van der Waals surface area contributed by atoms with Crippen LogP contribution in [0.4, 0.5) is 0 Å². The maximum atomic E-state index is 9.03. The zero-order valence-electron chi connectivity index (χ0n) is 10.5. The Hall–Kier alpha value is -2.67. The fourth-order valence-corrected chi connectivity index (χ4v) is 2.23. The van der Waals surface area contributed by atoms with Gasteiger partial charge in [-0.05, 0) is 30.7 Å². The fraction of sp³-hybridized carbons (Fsp3) is 0.133. The Labute approximate surface area is 111 Å². The summed E-state index contributed by atoms with van der Waals surface area (Å²) in [5.41, 5.74) is 4.68. The van der Waals surface area contributed by atoms with Gasteiger partial charge in [-0.15, -0.1) is 0 Å². The molecule has 0 saturated heterocycles. The Morgan fingerprint density at radius 2 is 2.21 bits per heavy atom. The van der Waals surface area contributed by atoms with Gasteiger partial charge in [0.15, 0.2) is 0 Å². The van der Waals surface area contributed by atoms with Crippen molar-refractivity contribution in [3.05, 3.63) is 54.1 Å². The van der Waals surface area contributed by atoms with Crippen LogP contribution in [0.1, 0.15) is 11.3 Å². The second kappa shape index (κ2) is 4.54. The Morgan fingerprint density at radius 1 is 1.32 bits per heavy atom. The highest BCUT2D eigenvalue weighted by Crippen LogP contribution is 2.25. The van der Waals surface area contributed by atoms with E-state index in [1.807, 2.05) is 41.8 Å². The van der Waals surface area contributed by atoms with Crippen molar-refractivity contribution in [2.24, 2.45) is 0 Å². The first-order valence-corrected chi connectivity index (χ1v) is 6.05. The number of aryl methyl sites for hydroxylation is 1. The van der Waals surface area contributed by atoms with Gasteiger partial charge in [0.2, 0.25) is 0 Å². The van der Waals surface area contributed by atoms with Crippen molar-refractivity contribution in [1.29, 1.82) is 5.26 Å². The minimum absolute atomic E-state index is 0.328. The number of hydrogen-bond donors (Lipinski definition) is 0. The van der Waals surface area contributed by atoms with Crippen molar-refractivity contribution < 1.29 is 0 Å². The van der Waals surface area contributed by atoms with Crippen molar-refractivity contribution in [2.75, 3.05) is 0 Å². The van der Waals surface area contributed by atoms with Gasteiger partial charge in [0.1, 0.15) is 5.65 Å². The van der Waals surface area contributed by atoms with Crippen LogP contribution in [-0.2, 0) is 6.42 Å². The molecule has 0 aliphatic carbocycles. The monoisotopic (exact) mass is 248 g/mol. The predicted octanol–water partition coefficient (Wildman–Crippen LogP) is 2.77. The molecule has 0 aliphatic rings. The van der Waals surface area contributed by atoms with E-state index in [0.717, 1.165) is 28.2 Å². The molecule has 3 aromatic rings. The van der Waals surface area contributed by atoms with Gasteiger partial charge in [0.25, 0.3) is 0 Å². The number of rotatable bonds is 2. The average molecular weight is 248 g/mol. The van der Waals surface area contributed by atoms with E-state index >= 15 is 0 Å². The normalized spacial score (nSPS) is 10.5. The van der Waals surface area contributed by atoms with Gasteiger partial charge in [-0.25, -0.2) is 4.98 Å². The van der Waals surface area contributed by atoms with Gasteiger partial charge in [0.05, 0.1) is 23.9 Å².